The van der Waals surface area contributed by atoms with E-state index in [1.54, 1.807) is 59.9 Å². The second-order valence-electron chi connectivity index (χ2n) is 10.7. The fraction of sp³-hybridized carbons (Fsp3) is 0.667. The third kappa shape index (κ3) is 8.91. The molecule has 13 nitrogen and oxygen atoms in total. The predicted molar refractivity (Wildman–Crippen MR) is 129 cm³/mol. The van der Waals surface area contributed by atoms with E-state index in [1.165, 1.54) is 17.7 Å². The Labute approximate surface area is 221 Å². The average Bonchev–Trinajstić information content (AvgIpc) is 3.10. The van der Waals surface area contributed by atoms with Crippen molar-refractivity contribution < 1.29 is 61.5 Å². The quantitative estimate of drug-likeness (QED) is 0.133. The Morgan fingerprint density at radius 2 is 1.47 bits per heavy atom. The fourth-order valence-corrected chi connectivity index (χ4v) is 3.89. The molecule has 4 atom stereocenters. The van der Waals surface area contributed by atoms with E-state index >= 15 is 0 Å². The highest BCUT2D eigenvalue weighted by Crippen LogP contribution is 2.50. The Hall–Kier alpha value is -2.25. The van der Waals surface area contributed by atoms with Crippen molar-refractivity contribution in [1.82, 2.24) is 0 Å². The van der Waals surface area contributed by atoms with Crippen molar-refractivity contribution in [2.75, 3.05) is 20.2 Å². The topological polar surface area (TPSA) is 168 Å². The maximum Gasteiger partial charge on any atom is 0.480 e. The van der Waals surface area contributed by atoms with Gasteiger partial charge in [0, 0.05) is 6.07 Å². The number of aliphatic hydroxyl groups is 2. The molecule has 214 valence electrons. The first-order valence-corrected chi connectivity index (χ1v) is 13.3. The number of ether oxygens (including phenoxy) is 3. The SMILES string of the molecule is CC(=O)c1ccc[n+]([C@@H]2O[C@H](COP(=O)(OCOC(=O)C(C)(C)C)OCOC(=O)C(C)(C)C)[C@H](O)C2O)c1. The van der Waals surface area contributed by atoms with Gasteiger partial charge < -0.3 is 24.4 Å². The van der Waals surface area contributed by atoms with Crippen LogP contribution in [0.1, 0.15) is 65.1 Å². The molecule has 0 bridgehead atoms. The van der Waals surface area contributed by atoms with Gasteiger partial charge in [0.1, 0.15) is 12.2 Å². The van der Waals surface area contributed by atoms with Gasteiger partial charge in [0.15, 0.2) is 24.3 Å². The first-order chi connectivity index (χ1) is 17.4. The highest BCUT2D eigenvalue weighted by Gasteiger charge is 2.49. The maximum absolute atomic E-state index is 13.2. The number of hydrogen-bond donors (Lipinski definition) is 2. The number of ketones is 1. The number of phosphoric acid groups is 1. The molecule has 0 spiro atoms. The van der Waals surface area contributed by atoms with E-state index in [0.717, 1.165) is 0 Å². The summed E-state index contributed by atoms with van der Waals surface area (Å²) in [5.74, 6) is -1.50. The zero-order valence-electron chi connectivity index (χ0n) is 22.6. The molecule has 0 aromatic carbocycles. The van der Waals surface area contributed by atoms with Crippen molar-refractivity contribution in [2.45, 2.75) is 73.0 Å². The number of pyridine rings is 1. The van der Waals surface area contributed by atoms with Crippen molar-refractivity contribution >= 4 is 25.5 Å². The molecule has 1 saturated heterocycles. The molecule has 38 heavy (non-hydrogen) atoms. The fourth-order valence-electron chi connectivity index (χ4n) is 2.97. The second kappa shape index (κ2) is 12.7. The van der Waals surface area contributed by atoms with Gasteiger partial charge >= 0.3 is 19.8 Å². The molecule has 2 N–H and O–H groups in total. The third-order valence-electron chi connectivity index (χ3n) is 5.28. The Morgan fingerprint density at radius 1 is 0.947 bits per heavy atom. The van der Waals surface area contributed by atoms with Crippen molar-refractivity contribution in [2.24, 2.45) is 10.8 Å². The Morgan fingerprint density at radius 3 is 1.95 bits per heavy atom. The van der Waals surface area contributed by atoms with Crippen LogP contribution in [-0.4, -0.2) is 66.4 Å². The summed E-state index contributed by atoms with van der Waals surface area (Å²) >= 11 is 0. The number of hydrogen-bond acceptors (Lipinski definition) is 12. The highest BCUT2D eigenvalue weighted by atomic mass is 31.2. The number of phosphoric ester groups is 1. The second-order valence-corrected chi connectivity index (χ2v) is 12.4. The lowest BCUT2D eigenvalue weighted by Gasteiger charge is -2.22. The average molecular weight is 563 g/mol. The van der Waals surface area contributed by atoms with Crippen LogP contribution in [0.4, 0.5) is 0 Å². The van der Waals surface area contributed by atoms with Gasteiger partial charge in [0.05, 0.1) is 23.0 Å². The lowest BCUT2D eigenvalue weighted by atomic mass is 9.98. The molecule has 1 unspecified atom stereocenters. The summed E-state index contributed by atoms with van der Waals surface area (Å²) in [4.78, 5) is 35.7. The standard InChI is InChI=1S/C24H37NO12P/c1-15(26)16-9-8-10-25(11-16)20-19(28)18(27)17(37-20)12-34-38(31,35-13-32-21(29)23(2,3)4)36-14-33-22(30)24(5,6)7/h8-11,17-20,27-28H,12-14H2,1-7H3/q+1/t17-,18+,19?,20-/m1/s1. The number of rotatable bonds is 11. The molecular weight excluding hydrogens is 525 g/mol. The van der Waals surface area contributed by atoms with E-state index in [1.807, 2.05) is 0 Å². The molecule has 14 heteroatoms. The van der Waals surface area contributed by atoms with Gasteiger partial charge in [0.2, 0.25) is 13.6 Å². The van der Waals surface area contributed by atoms with E-state index < -0.39 is 75.3 Å². The van der Waals surface area contributed by atoms with Gasteiger partial charge in [-0.15, -0.1) is 0 Å². The molecular formula is C24H37NO12P+. The zero-order chi connectivity index (χ0) is 28.9. The van der Waals surface area contributed by atoms with Gasteiger partial charge in [-0.2, -0.15) is 4.57 Å². The Bertz CT molecular complexity index is 1010. The first kappa shape index (κ1) is 32.0. The molecule has 1 aliphatic heterocycles. The summed E-state index contributed by atoms with van der Waals surface area (Å²) in [6.07, 6.45) is -2.17. The summed E-state index contributed by atoms with van der Waals surface area (Å²) in [5.41, 5.74) is -1.36. The molecule has 1 aliphatic rings. The summed E-state index contributed by atoms with van der Waals surface area (Å²) < 4.78 is 45.6. The van der Waals surface area contributed by atoms with Crippen LogP contribution in [0.25, 0.3) is 0 Å². The summed E-state index contributed by atoms with van der Waals surface area (Å²) in [5, 5.41) is 21.0. The van der Waals surface area contributed by atoms with Crippen LogP contribution in [0.3, 0.4) is 0 Å². The van der Waals surface area contributed by atoms with E-state index in [9.17, 15) is 29.2 Å². The van der Waals surface area contributed by atoms with Crippen molar-refractivity contribution in [3.05, 3.63) is 30.1 Å². The number of carbonyl (C=O) groups excluding carboxylic acids is 3. The minimum absolute atomic E-state index is 0.207. The monoisotopic (exact) mass is 562 g/mol. The zero-order valence-corrected chi connectivity index (χ0v) is 23.5. The largest absolute Gasteiger partial charge is 0.480 e. The smallest absolute Gasteiger partial charge is 0.437 e. The van der Waals surface area contributed by atoms with E-state index in [4.69, 9.17) is 27.8 Å². The normalized spacial score (nSPS) is 22.2. The van der Waals surface area contributed by atoms with Gasteiger partial charge in [-0.1, -0.05) is 0 Å². The molecule has 0 saturated carbocycles. The van der Waals surface area contributed by atoms with Gasteiger partial charge in [0.25, 0.3) is 6.23 Å². The maximum atomic E-state index is 13.2. The summed E-state index contributed by atoms with van der Waals surface area (Å²) in [7, 11) is -4.53. The van der Waals surface area contributed by atoms with E-state index in [-0.39, 0.29) is 5.78 Å². The number of aliphatic hydroxyl groups excluding tert-OH is 2. The van der Waals surface area contributed by atoms with Gasteiger partial charge in [-0.05, 0) is 54.5 Å². The molecule has 1 fully saturated rings. The van der Waals surface area contributed by atoms with Gasteiger partial charge in [-0.3, -0.25) is 18.9 Å². The number of carbonyl (C=O) groups is 3. The Kier molecular flexibility index (Phi) is 10.7. The van der Waals surface area contributed by atoms with Crippen LogP contribution < -0.4 is 4.57 Å². The van der Waals surface area contributed by atoms with E-state index in [0.29, 0.717) is 5.56 Å². The number of aromatic nitrogens is 1. The van der Waals surface area contributed by atoms with Crippen molar-refractivity contribution in [3.8, 4) is 0 Å². The minimum Gasteiger partial charge on any atom is -0.437 e. The van der Waals surface area contributed by atoms with Crippen LogP contribution in [0, 0.1) is 10.8 Å². The van der Waals surface area contributed by atoms with Crippen LogP contribution >= 0.6 is 7.82 Å². The predicted octanol–water partition coefficient (Wildman–Crippen LogP) is 2.05. The van der Waals surface area contributed by atoms with Gasteiger partial charge in [-0.25, -0.2) is 13.6 Å². The summed E-state index contributed by atoms with van der Waals surface area (Å²) in [6, 6.07) is 3.16. The third-order valence-corrected chi connectivity index (χ3v) is 6.59. The number of esters is 2. The molecule has 0 amide bonds. The molecule has 1 aromatic rings. The molecule has 0 aliphatic carbocycles. The molecule has 2 heterocycles. The molecule has 2 rings (SSSR count). The molecule has 1 aromatic heterocycles. The Balaban J connectivity index is 2.09. The number of Topliss-reactive ketones (excluding diaryl/α,β-unsaturated/α-hetero) is 1. The first-order valence-electron chi connectivity index (χ1n) is 11.9. The van der Waals surface area contributed by atoms with Crippen LogP contribution in [0.2, 0.25) is 0 Å². The van der Waals surface area contributed by atoms with Crippen LogP contribution in [0.15, 0.2) is 24.5 Å². The van der Waals surface area contributed by atoms with Crippen molar-refractivity contribution in [3.63, 3.8) is 0 Å². The highest BCUT2D eigenvalue weighted by molar-refractivity contribution is 7.48. The number of nitrogens with zero attached hydrogens (tertiary/aromatic N) is 1. The molecule has 0 radical (unpaired) electrons. The lowest BCUT2D eigenvalue weighted by molar-refractivity contribution is -0.765. The van der Waals surface area contributed by atoms with Crippen molar-refractivity contribution in [1.29, 1.82) is 0 Å². The minimum atomic E-state index is -4.53. The summed E-state index contributed by atoms with van der Waals surface area (Å²) in [6.45, 7) is 8.86. The van der Waals surface area contributed by atoms with Crippen LogP contribution in [-0.2, 0) is 41.9 Å². The van der Waals surface area contributed by atoms with Crippen LogP contribution in [0.5, 0.6) is 0 Å². The van der Waals surface area contributed by atoms with E-state index in [2.05, 4.69) is 0 Å². The lowest BCUT2D eigenvalue weighted by Crippen LogP contribution is -2.46.